The first kappa shape index (κ1) is 11.9. The smallest absolute Gasteiger partial charge is 0.256 e. The zero-order valence-electron chi connectivity index (χ0n) is 10.2. The molecule has 0 saturated heterocycles. The highest BCUT2D eigenvalue weighted by Gasteiger charge is 2.07. The molecule has 0 amide bonds. The number of hydrogen-bond donors (Lipinski definition) is 0. The first-order chi connectivity index (χ1) is 8.78. The van der Waals surface area contributed by atoms with E-state index in [4.69, 9.17) is 16.0 Å². The molecule has 4 heteroatoms. The van der Waals surface area contributed by atoms with E-state index in [1.165, 1.54) is 0 Å². The van der Waals surface area contributed by atoms with Crippen LogP contribution < -0.4 is 9.47 Å². The fraction of sp³-hybridized carbons (Fsp3) is 0.143. The number of ether oxygens (including phenoxy) is 2. The lowest BCUT2D eigenvalue weighted by Gasteiger charge is -2.08. The quantitative estimate of drug-likeness (QED) is 0.772. The molecule has 2 rings (SSSR count). The summed E-state index contributed by atoms with van der Waals surface area (Å²) >= 11 is 0. The van der Waals surface area contributed by atoms with Gasteiger partial charge in [-0.2, -0.15) is 0 Å². The van der Waals surface area contributed by atoms with Crippen LogP contribution >= 0.6 is 0 Å². The van der Waals surface area contributed by atoms with E-state index in [0.717, 1.165) is 11.1 Å². The van der Waals surface area contributed by atoms with Crippen molar-refractivity contribution in [3.8, 4) is 22.8 Å². The van der Waals surface area contributed by atoms with Crippen LogP contribution in [-0.2, 0) is 0 Å². The minimum Gasteiger partial charge on any atom is -0.491 e. The molecule has 0 aliphatic rings. The van der Waals surface area contributed by atoms with Gasteiger partial charge in [-0.25, -0.2) is 9.83 Å². The van der Waals surface area contributed by atoms with E-state index in [2.05, 4.69) is 9.83 Å². The predicted molar refractivity (Wildman–Crippen MR) is 69.0 cm³/mol. The summed E-state index contributed by atoms with van der Waals surface area (Å²) in [5.74, 6) is 1.02. The molecule has 4 nitrogen and oxygen atoms in total. The van der Waals surface area contributed by atoms with Crippen LogP contribution in [0.1, 0.15) is 0 Å². The second kappa shape index (κ2) is 5.19. The van der Waals surface area contributed by atoms with Crippen LogP contribution in [0.25, 0.3) is 16.0 Å². The van der Waals surface area contributed by atoms with Gasteiger partial charge in [-0.05, 0) is 17.7 Å². The number of nitrogens with zero attached hydrogens (tertiary/aromatic N) is 2. The van der Waals surface area contributed by atoms with Gasteiger partial charge in [-0.1, -0.05) is 18.2 Å². The van der Waals surface area contributed by atoms with Crippen LogP contribution in [0, 0.1) is 6.57 Å². The molecule has 18 heavy (non-hydrogen) atoms. The molecular formula is C14H12N2O2. The second-order valence-electron chi connectivity index (χ2n) is 3.60. The van der Waals surface area contributed by atoms with Gasteiger partial charge < -0.3 is 9.47 Å². The van der Waals surface area contributed by atoms with E-state index in [9.17, 15) is 0 Å². The van der Waals surface area contributed by atoms with Crippen molar-refractivity contribution in [3.63, 3.8) is 0 Å². The molecule has 1 aromatic carbocycles. The molecule has 0 unspecified atom stereocenters. The Hall–Kier alpha value is -2.54. The van der Waals surface area contributed by atoms with Gasteiger partial charge >= 0.3 is 0 Å². The molecule has 0 N–H and O–H groups in total. The van der Waals surface area contributed by atoms with E-state index < -0.39 is 0 Å². The lowest BCUT2D eigenvalue weighted by atomic mass is 10.1. The number of methoxy groups -OCH3 is 2. The summed E-state index contributed by atoms with van der Waals surface area (Å²) in [7, 11) is 3.11. The van der Waals surface area contributed by atoms with Gasteiger partial charge in [0.15, 0.2) is 11.4 Å². The standard InChI is InChI=1S/C14H12N2O2/c1-15-12-6-4-5-10(7-12)11-8-13(17-2)14(18-3)16-9-11/h4-9H,2-3H3. The van der Waals surface area contributed by atoms with Gasteiger partial charge in [-0.15, -0.1) is 0 Å². The fourth-order valence-corrected chi connectivity index (χ4v) is 1.64. The van der Waals surface area contributed by atoms with Crippen molar-refractivity contribution in [2.75, 3.05) is 14.2 Å². The molecule has 90 valence electrons. The summed E-state index contributed by atoms with van der Waals surface area (Å²) in [6.45, 7) is 7.01. The lowest BCUT2D eigenvalue weighted by Crippen LogP contribution is -1.93. The summed E-state index contributed by atoms with van der Waals surface area (Å²) in [6.07, 6.45) is 1.70. The van der Waals surface area contributed by atoms with Crippen molar-refractivity contribution in [1.29, 1.82) is 0 Å². The molecule has 0 aliphatic carbocycles. The van der Waals surface area contributed by atoms with Crippen LogP contribution in [0.2, 0.25) is 0 Å². The van der Waals surface area contributed by atoms with E-state index in [0.29, 0.717) is 17.3 Å². The zero-order valence-corrected chi connectivity index (χ0v) is 10.2. The lowest BCUT2D eigenvalue weighted by molar-refractivity contribution is 0.343. The molecule has 2 aromatic rings. The average molecular weight is 240 g/mol. The third-order valence-electron chi connectivity index (χ3n) is 2.54. The summed E-state index contributed by atoms with van der Waals surface area (Å²) < 4.78 is 10.3. The van der Waals surface area contributed by atoms with Crippen molar-refractivity contribution in [1.82, 2.24) is 4.98 Å². The second-order valence-corrected chi connectivity index (χ2v) is 3.60. The molecule has 0 atom stereocenters. The topological polar surface area (TPSA) is 35.7 Å². The van der Waals surface area contributed by atoms with Crippen molar-refractivity contribution >= 4 is 5.69 Å². The van der Waals surface area contributed by atoms with Gasteiger partial charge in [-0.3, -0.25) is 0 Å². The molecule has 0 saturated carbocycles. The molecule has 0 aliphatic heterocycles. The Bertz CT molecular complexity index is 603. The number of aromatic nitrogens is 1. The molecule has 1 heterocycles. The van der Waals surface area contributed by atoms with Crippen molar-refractivity contribution < 1.29 is 9.47 Å². The molecule has 0 radical (unpaired) electrons. The Balaban J connectivity index is 2.48. The third kappa shape index (κ3) is 2.25. The van der Waals surface area contributed by atoms with Crippen LogP contribution in [0.15, 0.2) is 36.5 Å². The number of hydrogen-bond acceptors (Lipinski definition) is 3. The van der Waals surface area contributed by atoms with E-state index in [1.807, 2.05) is 24.3 Å². The Labute approximate surface area is 106 Å². The van der Waals surface area contributed by atoms with Gasteiger partial charge in [0.05, 0.1) is 20.8 Å². The largest absolute Gasteiger partial charge is 0.491 e. The monoisotopic (exact) mass is 240 g/mol. The molecular weight excluding hydrogens is 228 g/mol. The van der Waals surface area contributed by atoms with Gasteiger partial charge in [0, 0.05) is 11.8 Å². The Morgan fingerprint density at radius 1 is 1.11 bits per heavy atom. The number of benzene rings is 1. The minimum absolute atomic E-state index is 0.447. The Kier molecular flexibility index (Phi) is 3.44. The van der Waals surface area contributed by atoms with E-state index >= 15 is 0 Å². The number of pyridine rings is 1. The Morgan fingerprint density at radius 3 is 2.61 bits per heavy atom. The summed E-state index contributed by atoms with van der Waals surface area (Å²) in [5.41, 5.74) is 2.41. The van der Waals surface area contributed by atoms with Gasteiger partial charge in [0.25, 0.3) is 5.88 Å². The maximum Gasteiger partial charge on any atom is 0.256 e. The predicted octanol–water partition coefficient (Wildman–Crippen LogP) is 3.32. The van der Waals surface area contributed by atoms with Gasteiger partial charge in [0.1, 0.15) is 0 Å². The van der Waals surface area contributed by atoms with Crippen molar-refractivity contribution in [2.24, 2.45) is 0 Å². The van der Waals surface area contributed by atoms with Gasteiger partial charge in [0.2, 0.25) is 0 Å². The highest BCUT2D eigenvalue weighted by atomic mass is 16.5. The van der Waals surface area contributed by atoms with Crippen molar-refractivity contribution in [3.05, 3.63) is 47.9 Å². The maximum atomic E-state index is 7.01. The van der Waals surface area contributed by atoms with Crippen LogP contribution in [0.3, 0.4) is 0 Å². The summed E-state index contributed by atoms with van der Waals surface area (Å²) in [5, 5.41) is 0. The SMILES string of the molecule is [C-]#[N+]c1cccc(-c2cnc(OC)c(OC)c2)c1. The first-order valence-electron chi connectivity index (χ1n) is 5.34. The summed E-state index contributed by atoms with van der Waals surface area (Å²) in [4.78, 5) is 7.58. The molecule has 0 bridgehead atoms. The zero-order chi connectivity index (χ0) is 13.0. The van der Waals surface area contributed by atoms with E-state index in [1.54, 1.807) is 26.5 Å². The molecule has 1 aromatic heterocycles. The normalized spacial score (nSPS) is 9.61. The van der Waals surface area contributed by atoms with E-state index in [-0.39, 0.29) is 0 Å². The molecule has 0 fully saturated rings. The average Bonchev–Trinajstić information content (AvgIpc) is 2.46. The third-order valence-corrected chi connectivity index (χ3v) is 2.54. The fourth-order valence-electron chi connectivity index (χ4n) is 1.64. The highest BCUT2D eigenvalue weighted by Crippen LogP contribution is 2.31. The van der Waals surface area contributed by atoms with Crippen molar-refractivity contribution in [2.45, 2.75) is 0 Å². The van der Waals surface area contributed by atoms with Crippen LogP contribution in [-0.4, -0.2) is 19.2 Å². The minimum atomic E-state index is 0.447. The number of rotatable bonds is 3. The van der Waals surface area contributed by atoms with Crippen LogP contribution in [0.4, 0.5) is 5.69 Å². The maximum absolute atomic E-state index is 7.01. The highest BCUT2D eigenvalue weighted by molar-refractivity contribution is 5.69. The Morgan fingerprint density at radius 2 is 1.94 bits per heavy atom. The van der Waals surface area contributed by atoms with Crippen LogP contribution in [0.5, 0.6) is 11.6 Å². The first-order valence-corrected chi connectivity index (χ1v) is 5.34. The molecule has 0 spiro atoms. The summed E-state index contributed by atoms with van der Waals surface area (Å²) in [6, 6.07) is 9.20.